The van der Waals surface area contributed by atoms with E-state index in [0.717, 1.165) is 37.4 Å². The second kappa shape index (κ2) is 9.34. The van der Waals surface area contributed by atoms with Crippen molar-refractivity contribution >= 4 is 5.91 Å². The molecular formula is C16H27N3O2. The first-order valence-electron chi connectivity index (χ1n) is 7.69. The van der Waals surface area contributed by atoms with E-state index in [-0.39, 0.29) is 12.5 Å². The van der Waals surface area contributed by atoms with Crippen LogP contribution in [-0.2, 0) is 11.2 Å². The summed E-state index contributed by atoms with van der Waals surface area (Å²) in [5, 5.41) is 2.87. The molecule has 5 nitrogen and oxygen atoms in total. The smallest absolute Gasteiger partial charge is 0.257 e. The minimum Gasteiger partial charge on any atom is -0.482 e. The van der Waals surface area contributed by atoms with E-state index in [1.165, 1.54) is 0 Å². The molecule has 0 radical (unpaired) electrons. The maximum atomic E-state index is 11.8. The fourth-order valence-corrected chi connectivity index (χ4v) is 2.07. The molecular weight excluding hydrogens is 266 g/mol. The number of rotatable bonds is 9. The van der Waals surface area contributed by atoms with Gasteiger partial charge in [-0.15, -0.1) is 0 Å². The first-order valence-corrected chi connectivity index (χ1v) is 7.69. The molecule has 0 aliphatic heterocycles. The number of aryl methyl sites for hydroxylation is 2. The van der Waals surface area contributed by atoms with Gasteiger partial charge in [0, 0.05) is 18.8 Å². The first kappa shape index (κ1) is 17.4. The molecule has 0 unspecified atom stereocenters. The lowest BCUT2D eigenvalue weighted by molar-refractivity contribution is -0.123. The van der Waals surface area contributed by atoms with Crippen LogP contribution >= 0.6 is 0 Å². The largest absolute Gasteiger partial charge is 0.482 e. The topological polar surface area (TPSA) is 54.5 Å². The van der Waals surface area contributed by atoms with Crippen LogP contribution < -0.4 is 10.1 Å². The van der Waals surface area contributed by atoms with E-state index in [4.69, 9.17) is 4.74 Å². The summed E-state index contributed by atoms with van der Waals surface area (Å²) in [5.41, 5.74) is 1.86. The van der Waals surface area contributed by atoms with Gasteiger partial charge in [0.15, 0.2) is 6.61 Å². The standard InChI is InChI=1S/C16H27N3O2/c1-5-14-15(9-8-13(4)18-14)21-12-16(20)17-10-11-19(6-2)7-3/h8-9H,5-7,10-12H2,1-4H3,(H,17,20). The second-order valence-electron chi connectivity index (χ2n) is 4.92. The monoisotopic (exact) mass is 293 g/mol. The molecule has 0 spiro atoms. The van der Waals surface area contributed by atoms with Crippen molar-refractivity contribution in [3.63, 3.8) is 0 Å². The summed E-state index contributed by atoms with van der Waals surface area (Å²) in [6, 6.07) is 3.77. The Morgan fingerprint density at radius 2 is 2.00 bits per heavy atom. The van der Waals surface area contributed by atoms with Gasteiger partial charge >= 0.3 is 0 Å². The number of ether oxygens (including phenoxy) is 1. The molecule has 0 fully saturated rings. The molecule has 0 aliphatic rings. The highest BCUT2D eigenvalue weighted by Gasteiger charge is 2.07. The zero-order valence-electron chi connectivity index (χ0n) is 13.6. The number of carbonyl (C=O) groups excluding carboxylic acids is 1. The number of likely N-dealkylation sites (N-methyl/N-ethyl adjacent to an activating group) is 1. The summed E-state index contributed by atoms with van der Waals surface area (Å²) in [4.78, 5) is 18.4. The van der Waals surface area contributed by atoms with Gasteiger partial charge in [0.25, 0.3) is 5.91 Å². The predicted molar refractivity (Wildman–Crippen MR) is 84.6 cm³/mol. The number of amides is 1. The van der Waals surface area contributed by atoms with E-state index in [9.17, 15) is 4.79 Å². The highest BCUT2D eigenvalue weighted by atomic mass is 16.5. The highest BCUT2D eigenvalue weighted by Crippen LogP contribution is 2.17. The summed E-state index contributed by atoms with van der Waals surface area (Å²) in [6.45, 7) is 11.8. The van der Waals surface area contributed by atoms with Crippen LogP contribution in [0.4, 0.5) is 0 Å². The molecule has 118 valence electrons. The number of aromatic nitrogens is 1. The fraction of sp³-hybridized carbons (Fsp3) is 0.625. The summed E-state index contributed by atoms with van der Waals surface area (Å²) >= 11 is 0. The van der Waals surface area contributed by atoms with Crippen molar-refractivity contribution in [1.82, 2.24) is 15.2 Å². The van der Waals surface area contributed by atoms with E-state index in [2.05, 4.69) is 29.0 Å². The number of hydrogen-bond acceptors (Lipinski definition) is 4. The zero-order chi connectivity index (χ0) is 15.7. The molecule has 0 aliphatic carbocycles. The van der Waals surface area contributed by atoms with E-state index in [0.29, 0.717) is 12.3 Å². The lowest BCUT2D eigenvalue weighted by Crippen LogP contribution is -2.36. The Hall–Kier alpha value is -1.62. The normalized spacial score (nSPS) is 10.7. The Morgan fingerprint density at radius 3 is 2.62 bits per heavy atom. The third kappa shape index (κ3) is 6.12. The molecule has 0 bridgehead atoms. The van der Waals surface area contributed by atoms with Gasteiger partial charge in [-0.05, 0) is 38.6 Å². The van der Waals surface area contributed by atoms with Crippen LogP contribution in [0.25, 0.3) is 0 Å². The van der Waals surface area contributed by atoms with Crippen molar-refractivity contribution in [3.05, 3.63) is 23.5 Å². The highest BCUT2D eigenvalue weighted by molar-refractivity contribution is 5.77. The molecule has 5 heteroatoms. The van der Waals surface area contributed by atoms with Gasteiger partial charge < -0.3 is 15.0 Å². The van der Waals surface area contributed by atoms with Crippen molar-refractivity contribution < 1.29 is 9.53 Å². The van der Waals surface area contributed by atoms with Crippen molar-refractivity contribution in [2.24, 2.45) is 0 Å². The van der Waals surface area contributed by atoms with Crippen LogP contribution in [0.1, 0.15) is 32.2 Å². The van der Waals surface area contributed by atoms with Crippen LogP contribution in [0.2, 0.25) is 0 Å². The maximum Gasteiger partial charge on any atom is 0.257 e. The van der Waals surface area contributed by atoms with Crippen LogP contribution in [-0.4, -0.2) is 48.6 Å². The lowest BCUT2D eigenvalue weighted by atomic mass is 10.2. The molecule has 1 aromatic heterocycles. The number of nitrogens with one attached hydrogen (secondary N) is 1. The predicted octanol–water partition coefficient (Wildman–Crippen LogP) is 1.79. The molecule has 1 amide bonds. The van der Waals surface area contributed by atoms with Gasteiger partial charge in [0.05, 0.1) is 5.69 Å². The molecule has 0 aromatic carbocycles. The van der Waals surface area contributed by atoms with Crippen molar-refractivity contribution in [1.29, 1.82) is 0 Å². The number of carbonyl (C=O) groups is 1. The molecule has 1 N–H and O–H groups in total. The summed E-state index contributed by atoms with van der Waals surface area (Å²) in [5.74, 6) is 0.603. The fourth-order valence-electron chi connectivity index (χ4n) is 2.07. The molecule has 1 rings (SSSR count). The number of hydrogen-bond donors (Lipinski definition) is 1. The summed E-state index contributed by atoms with van der Waals surface area (Å²) in [7, 11) is 0. The minimum atomic E-state index is -0.0928. The summed E-state index contributed by atoms with van der Waals surface area (Å²) in [6.07, 6.45) is 0.792. The first-order chi connectivity index (χ1) is 10.1. The van der Waals surface area contributed by atoms with Crippen LogP contribution in [0.3, 0.4) is 0 Å². The SMILES string of the molecule is CCc1nc(C)ccc1OCC(=O)NCCN(CC)CC. The van der Waals surface area contributed by atoms with E-state index in [1.807, 2.05) is 26.0 Å². The van der Waals surface area contributed by atoms with Crippen LogP contribution in [0.5, 0.6) is 5.75 Å². The van der Waals surface area contributed by atoms with E-state index < -0.39 is 0 Å². The van der Waals surface area contributed by atoms with E-state index >= 15 is 0 Å². The lowest BCUT2D eigenvalue weighted by Gasteiger charge is -2.18. The average molecular weight is 293 g/mol. The van der Waals surface area contributed by atoms with Crippen molar-refractivity contribution in [3.8, 4) is 5.75 Å². The molecule has 1 heterocycles. The quantitative estimate of drug-likeness (QED) is 0.754. The van der Waals surface area contributed by atoms with Crippen molar-refractivity contribution in [2.75, 3.05) is 32.8 Å². The number of nitrogens with zero attached hydrogens (tertiary/aromatic N) is 2. The van der Waals surface area contributed by atoms with Gasteiger partial charge in [0.2, 0.25) is 0 Å². The van der Waals surface area contributed by atoms with Gasteiger partial charge in [-0.25, -0.2) is 0 Å². The molecule has 21 heavy (non-hydrogen) atoms. The van der Waals surface area contributed by atoms with Gasteiger partial charge in [-0.3, -0.25) is 9.78 Å². The Bertz CT molecular complexity index is 445. The zero-order valence-corrected chi connectivity index (χ0v) is 13.6. The third-order valence-corrected chi connectivity index (χ3v) is 3.41. The Kier molecular flexibility index (Phi) is 7.75. The van der Waals surface area contributed by atoms with Crippen LogP contribution in [0, 0.1) is 6.92 Å². The van der Waals surface area contributed by atoms with Crippen LogP contribution in [0.15, 0.2) is 12.1 Å². The summed E-state index contributed by atoms with van der Waals surface area (Å²) < 4.78 is 5.57. The van der Waals surface area contributed by atoms with Gasteiger partial charge in [-0.1, -0.05) is 20.8 Å². The van der Waals surface area contributed by atoms with Gasteiger partial charge in [-0.2, -0.15) is 0 Å². The van der Waals surface area contributed by atoms with Gasteiger partial charge in [0.1, 0.15) is 5.75 Å². The van der Waals surface area contributed by atoms with Crippen molar-refractivity contribution in [2.45, 2.75) is 34.1 Å². The molecule has 0 saturated heterocycles. The molecule has 1 aromatic rings. The number of pyridine rings is 1. The second-order valence-corrected chi connectivity index (χ2v) is 4.92. The average Bonchev–Trinajstić information content (AvgIpc) is 2.50. The minimum absolute atomic E-state index is 0.0377. The molecule has 0 atom stereocenters. The third-order valence-electron chi connectivity index (χ3n) is 3.41. The Balaban J connectivity index is 2.36. The molecule has 0 saturated carbocycles. The Labute approximate surface area is 127 Å². The maximum absolute atomic E-state index is 11.8. The Morgan fingerprint density at radius 1 is 1.29 bits per heavy atom. The van der Waals surface area contributed by atoms with E-state index in [1.54, 1.807) is 0 Å².